The fourth-order valence-corrected chi connectivity index (χ4v) is 5.14. The Labute approximate surface area is 125 Å². The molecule has 3 rings (SSSR count). The van der Waals surface area contributed by atoms with Gasteiger partial charge in [-0.15, -0.1) is 0 Å². The lowest BCUT2D eigenvalue weighted by Gasteiger charge is -2.42. The first kappa shape index (κ1) is 14.8. The highest BCUT2D eigenvalue weighted by Gasteiger charge is 2.42. The molecule has 1 heterocycles. The van der Waals surface area contributed by atoms with Crippen LogP contribution in [0.1, 0.15) is 77.6 Å². The third kappa shape index (κ3) is 3.39. The monoisotopic (exact) mass is 279 g/mol. The number of ether oxygens (including phenoxy) is 1. The lowest BCUT2D eigenvalue weighted by atomic mass is 9.74. The summed E-state index contributed by atoms with van der Waals surface area (Å²) in [6.07, 6.45) is 15.4. The maximum absolute atomic E-state index is 6.24. The van der Waals surface area contributed by atoms with Gasteiger partial charge in [-0.2, -0.15) is 0 Å². The minimum atomic E-state index is 0.308. The fourth-order valence-electron chi connectivity index (χ4n) is 5.14. The molecule has 0 aromatic carbocycles. The molecule has 0 radical (unpaired) electrons. The molecule has 3 aliphatic rings. The van der Waals surface area contributed by atoms with E-state index in [-0.39, 0.29) is 0 Å². The molecule has 3 atom stereocenters. The van der Waals surface area contributed by atoms with Gasteiger partial charge in [-0.05, 0) is 56.9 Å². The van der Waals surface area contributed by atoms with Crippen LogP contribution >= 0.6 is 0 Å². The second-order valence-electron chi connectivity index (χ2n) is 7.53. The molecule has 2 saturated carbocycles. The molecule has 0 bridgehead atoms. The lowest BCUT2D eigenvalue weighted by Crippen LogP contribution is -2.40. The van der Waals surface area contributed by atoms with Crippen LogP contribution in [0.2, 0.25) is 0 Å². The Bertz CT molecular complexity index is 298. The Morgan fingerprint density at radius 2 is 1.80 bits per heavy atom. The van der Waals surface area contributed by atoms with Crippen LogP contribution in [0, 0.1) is 11.8 Å². The first-order valence-corrected chi connectivity index (χ1v) is 9.19. The van der Waals surface area contributed by atoms with Crippen molar-refractivity contribution in [2.45, 2.75) is 89.2 Å². The van der Waals surface area contributed by atoms with Gasteiger partial charge >= 0.3 is 0 Å². The summed E-state index contributed by atoms with van der Waals surface area (Å²) in [4.78, 5) is 0. The van der Waals surface area contributed by atoms with Crippen LogP contribution < -0.4 is 5.32 Å². The quantitative estimate of drug-likeness (QED) is 0.778. The molecule has 1 spiro atoms. The second-order valence-corrected chi connectivity index (χ2v) is 7.53. The summed E-state index contributed by atoms with van der Waals surface area (Å²) < 4.78 is 6.24. The Morgan fingerprint density at radius 1 is 1.00 bits per heavy atom. The molecule has 2 nitrogen and oxygen atoms in total. The van der Waals surface area contributed by atoms with Crippen LogP contribution in [0.25, 0.3) is 0 Å². The van der Waals surface area contributed by atoms with Gasteiger partial charge < -0.3 is 10.1 Å². The summed E-state index contributed by atoms with van der Waals surface area (Å²) in [5, 5.41) is 3.72. The summed E-state index contributed by atoms with van der Waals surface area (Å²) >= 11 is 0. The molecule has 2 aliphatic carbocycles. The van der Waals surface area contributed by atoms with Gasteiger partial charge in [0.05, 0.1) is 5.60 Å². The Hall–Kier alpha value is -0.0800. The van der Waals surface area contributed by atoms with E-state index in [4.69, 9.17) is 4.74 Å². The van der Waals surface area contributed by atoms with Crippen molar-refractivity contribution < 1.29 is 4.74 Å². The van der Waals surface area contributed by atoms with Crippen molar-refractivity contribution in [1.82, 2.24) is 5.32 Å². The number of hydrogen-bond acceptors (Lipinski definition) is 2. The third-order valence-corrected chi connectivity index (χ3v) is 6.17. The van der Waals surface area contributed by atoms with Gasteiger partial charge in [0.15, 0.2) is 0 Å². The molecule has 3 unspecified atom stereocenters. The van der Waals surface area contributed by atoms with Gasteiger partial charge in [0.25, 0.3) is 0 Å². The third-order valence-electron chi connectivity index (χ3n) is 6.17. The van der Waals surface area contributed by atoms with Gasteiger partial charge in [-0.25, -0.2) is 0 Å². The Morgan fingerprint density at radius 3 is 2.60 bits per heavy atom. The zero-order valence-corrected chi connectivity index (χ0v) is 13.3. The smallest absolute Gasteiger partial charge is 0.0685 e. The minimum absolute atomic E-state index is 0.308. The first-order chi connectivity index (χ1) is 9.81. The standard InChI is InChI=1S/C18H33NO/c1-2-19-17-8-4-3-7-15(13-17)16-9-12-20-18(14-16)10-5-6-11-18/h15-17,19H,2-14H2,1H3. The molecule has 1 aliphatic heterocycles. The van der Waals surface area contributed by atoms with Crippen molar-refractivity contribution in [2.24, 2.45) is 11.8 Å². The summed E-state index contributed by atoms with van der Waals surface area (Å²) in [6.45, 7) is 4.42. The fraction of sp³-hybridized carbons (Fsp3) is 1.00. The maximum atomic E-state index is 6.24. The van der Waals surface area contributed by atoms with Crippen molar-refractivity contribution in [3.63, 3.8) is 0 Å². The van der Waals surface area contributed by atoms with Crippen molar-refractivity contribution in [3.05, 3.63) is 0 Å². The predicted octanol–water partition coefficient (Wildman–Crippen LogP) is 4.28. The number of nitrogens with one attached hydrogen (secondary N) is 1. The summed E-state index contributed by atoms with van der Waals surface area (Å²) in [5.41, 5.74) is 0.308. The second kappa shape index (κ2) is 6.79. The van der Waals surface area contributed by atoms with E-state index in [0.717, 1.165) is 31.0 Å². The van der Waals surface area contributed by atoms with Gasteiger partial charge in [0.1, 0.15) is 0 Å². The molecule has 20 heavy (non-hydrogen) atoms. The summed E-state index contributed by atoms with van der Waals surface area (Å²) in [6, 6.07) is 0.787. The highest BCUT2D eigenvalue weighted by Crippen LogP contribution is 2.46. The molecule has 0 aromatic rings. The van der Waals surface area contributed by atoms with Crippen molar-refractivity contribution in [3.8, 4) is 0 Å². The average molecular weight is 279 g/mol. The van der Waals surface area contributed by atoms with E-state index >= 15 is 0 Å². The lowest BCUT2D eigenvalue weighted by molar-refractivity contribution is -0.103. The molecular weight excluding hydrogens is 246 g/mol. The van der Waals surface area contributed by atoms with Crippen molar-refractivity contribution in [2.75, 3.05) is 13.2 Å². The largest absolute Gasteiger partial charge is 0.375 e. The summed E-state index contributed by atoms with van der Waals surface area (Å²) in [7, 11) is 0. The normalized spacial score (nSPS) is 38.0. The molecule has 3 fully saturated rings. The molecule has 116 valence electrons. The number of rotatable bonds is 3. The summed E-state index contributed by atoms with van der Waals surface area (Å²) in [5.74, 6) is 1.91. The molecule has 0 amide bonds. The van der Waals surface area contributed by atoms with E-state index in [2.05, 4.69) is 12.2 Å². The molecule has 1 saturated heterocycles. The van der Waals surface area contributed by atoms with Gasteiger partial charge in [-0.3, -0.25) is 0 Å². The average Bonchev–Trinajstić information content (AvgIpc) is 2.76. The van der Waals surface area contributed by atoms with Crippen molar-refractivity contribution >= 4 is 0 Å². The van der Waals surface area contributed by atoms with Crippen molar-refractivity contribution in [1.29, 1.82) is 0 Å². The van der Waals surface area contributed by atoms with Crippen LogP contribution in [-0.2, 0) is 4.74 Å². The van der Waals surface area contributed by atoms with E-state index in [1.165, 1.54) is 70.6 Å². The first-order valence-electron chi connectivity index (χ1n) is 9.19. The minimum Gasteiger partial charge on any atom is -0.375 e. The molecule has 2 heteroatoms. The van der Waals surface area contributed by atoms with Gasteiger partial charge in [0.2, 0.25) is 0 Å². The highest BCUT2D eigenvalue weighted by molar-refractivity contribution is 4.93. The van der Waals surface area contributed by atoms with Crippen LogP contribution in [-0.4, -0.2) is 24.8 Å². The zero-order valence-electron chi connectivity index (χ0n) is 13.3. The van der Waals surface area contributed by atoms with Crippen LogP contribution in [0.5, 0.6) is 0 Å². The van der Waals surface area contributed by atoms with Crippen LogP contribution in [0.3, 0.4) is 0 Å². The van der Waals surface area contributed by atoms with E-state index in [9.17, 15) is 0 Å². The zero-order chi connectivity index (χ0) is 13.8. The van der Waals surface area contributed by atoms with E-state index in [1.807, 2.05) is 0 Å². The Kier molecular flexibility index (Phi) is 5.04. The maximum Gasteiger partial charge on any atom is 0.0685 e. The highest BCUT2D eigenvalue weighted by atomic mass is 16.5. The molecule has 1 N–H and O–H groups in total. The van der Waals surface area contributed by atoms with E-state index in [1.54, 1.807) is 0 Å². The topological polar surface area (TPSA) is 21.3 Å². The Balaban J connectivity index is 1.61. The molecular formula is C18H33NO. The van der Waals surface area contributed by atoms with E-state index in [0.29, 0.717) is 5.60 Å². The van der Waals surface area contributed by atoms with Crippen LogP contribution in [0.15, 0.2) is 0 Å². The molecule has 0 aromatic heterocycles. The van der Waals surface area contributed by atoms with Gasteiger partial charge in [0, 0.05) is 12.6 Å². The predicted molar refractivity (Wildman–Crippen MR) is 83.9 cm³/mol. The van der Waals surface area contributed by atoms with E-state index < -0.39 is 0 Å². The van der Waals surface area contributed by atoms with Crippen LogP contribution in [0.4, 0.5) is 0 Å². The van der Waals surface area contributed by atoms with Gasteiger partial charge in [-0.1, -0.05) is 39.0 Å². The SMILES string of the molecule is CCNC1CCCCC(C2CCOC3(CCCC3)C2)C1. The number of hydrogen-bond donors (Lipinski definition) is 1.